The monoisotopic (exact) mass is 241 g/mol. The van der Waals surface area contributed by atoms with Crippen LogP contribution in [0.2, 0.25) is 5.02 Å². The number of hydrogen-bond acceptors (Lipinski definition) is 3. The molecule has 1 aromatic carbocycles. The van der Waals surface area contributed by atoms with Crippen LogP contribution in [0.15, 0.2) is 23.4 Å². The summed E-state index contributed by atoms with van der Waals surface area (Å²) >= 11 is 6.05. The molecule has 0 heterocycles. The van der Waals surface area contributed by atoms with E-state index in [1.807, 2.05) is 6.07 Å². The average Bonchev–Trinajstić information content (AvgIpc) is 2.25. The number of hydrogen-bond donors (Lipinski definition) is 1. The predicted octanol–water partition coefficient (Wildman–Crippen LogP) is 3.57. The SMILES string of the molecule is C/C(=N\O)c1cccc(Cl)c1OCC(C)C. The van der Waals surface area contributed by atoms with Crippen molar-refractivity contribution in [2.75, 3.05) is 6.61 Å². The molecule has 0 saturated heterocycles. The zero-order chi connectivity index (χ0) is 12.1. The van der Waals surface area contributed by atoms with Crippen LogP contribution in [0.4, 0.5) is 0 Å². The number of nitrogens with zero attached hydrogens (tertiary/aromatic N) is 1. The van der Waals surface area contributed by atoms with Gasteiger partial charge in [0.1, 0.15) is 5.75 Å². The second kappa shape index (κ2) is 5.75. The molecule has 0 amide bonds. The minimum atomic E-state index is 0.412. The smallest absolute Gasteiger partial charge is 0.147 e. The zero-order valence-electron chi connectivity index (χ0n) is 9.70. The fourth-order valence-corrected chi connectivity index (χ4v) is 1.47. The van der Waals surface area contributed by atoms with E-state index in [9.17, 15) is 0 Å². The van der Waals surface area contributed by atoms with Gasteiger partial charge in [0.25, 0.3) is 0 Å². The summed E-state index contributed by atoms with van der Waals surface area (Å²) in [5, 5.41) is 12.5. The second-order valence-corrected chi connectivity index (χ2v) is 4.41. The second-order valence-electron chi connectivity index (χ2n) is 4.01. The highest BCUT2D eigenvalue weighted by Crippen LogP contribution is 2.29. The molecule has 0 unspecified atom stereocenters. The van der Waals surface area contributed by atoms with E-state index in [0.29, 0.717) is 29.0 Å². The lowest BCUT2D eigenvalue weighted by Crippen LogP contribution is -2.08. The Balaban J connectivity index is 3.04. The molecule has 0 aliphatic heterocycles. The highest BCUT2D eigenvalue weighted by atomic mass is 35.5. The van der Waals surface area contributed by atoms with Crippen molar-refractivity contribution >= 4 is 17.3 Å². The molecule has 3 nitrogen and oxygen atoms in total. The van der Waals surface area contributed by atoms with Gasteiger partial charge in [-0.3, -0.25) is 0 Å². The summed E-state index contributed by atoms with van der Waals surface area (Å²) in [6, 6.07) is 5.37. The molecule has 0 atom stereocenters. The molecule has 0 bridgehead atoms. The maximum Gasteiger partial charge on any atom is 0.147 e. The van der Waals surface area contributed by atoms with Crippen molar-refractivity contribution in [3.05, 3.63) is 28.8 Å². The third-order valence-electron chi connectivity index (χ3n) is 2.07. The van der Waals surface area contributed by atoms with Crippen molar-refractivity contribution in [1.82, 2.24) is 0 Å². The van der Waals surface area contributed by atoms with Crippen molar-refractivity contribution in [2.24, 2.45) is 11.1 Å². The molecular formula is C12H16ClNO2. The van der Waals surface area contributed by atoms with Crippen LogP contribution >= 0.6 is 11.6 Å². The fourth-order valence-electron chi connectivity index (χ4n) is 1.24. The van der Waals surface area contributed by atoms with E-state index in [0.717, 1.165) is 5.56 Å². The van der Waals surface area contributed by atoms with Crippen LogP contribution in [0, 0.1) is 5.92 Å². The number of para-hydroxylation sites is 1. The highest BCUT2D eigenvalue weighted by molar-refractivity contribution is 6.32. The predicted molar refractivity (Wildman–Crippen MR) is 65.8 cm³/mol. The van der Waals surface area contributed by atoms with Gasteiger partial charge >= 0.3 is 0 Å². The number of rotatable bonds is 4. The minimum Gasteiger partial charge on any atom is -0.491 e. The van der Waals surface area contributed by atoms with Crippen LogP contribution in [-0.4, -0.2) is 17.5 Å². The Morgan fingerprint density at radius 1 is 1.50 bits per heavy atom. The molecule has 4 heteroatoms. The van der Waals surface area contributed by atoms with Gasteiger partial charge in [0, 0.05) is 5.56 Å². The van der Waals surface area contributed by atoms with E-state index in [4.69, 9.17) is 21.5 Å². The molecule has 0 spiro atoms. The van der Waals surface area contributed by atoms with E-state index in [-0.39, 0.29) is 0 Å². The van der Waals surface area contributed by atoms with Crippen LogP contribution in [0.3, 0.4) is 0 Å². The Kier molecular flexibility index (Phi) is 4.62. The topological polar surface area (TPSA) is 41.8 Å². The van der Waals surface area contributed by atoms with E-state index < -0.39 is 0 Å². The van der Waals surface area contributed by atoms with Gasteiger partial charge in [-0.05, 0) is 25.0 Å². The minimum absolute atomic E-state index is 0.412. The van der Waals surface area contributed by atoms with Crippen LogP contribution in [0.1, 0.15) is 26.3 Å². The summed E-state index contributed by atoms with van der Waals surface area (Å²) in [7, 11) is 0. The van der Waals surface area contributed by atoms with Crippen molar-refractivity contribution < 1.29 is 9.94 Å². The van der Waals surface area contributed by atoms with Gasteiger partial charge in [0.15, 0.2) is 0 Å². The summed E-state index contributed by atoms with van der Waals surface area (Å²) in [6.45, 7) is 6.40. The lowest BCUT2D eigenvalue weighted by molar-refractivity contribution is 0.270. The molecule has 0 radical (unpaired) electrons. The van der Waals surface area contributed by atoms with Gasteiger partial charge in [0.05, 0.1) is 17.3 Å². The molecule has 1 N–H and O–H groups in total. The lowest BCUT2D eigenvalue weighted by atomic mass is 10.1. The Morgan fingerprint density at radius 3 is 2.75 bits per heavy atom. The maximum absolute atomic E-state index is 8.77. The Morgan fingerprint density at radius 2 is 2.19 bits per heavy atom. The highest BCUT2D eigenvalue weighted by Gasteiger charge is 2.11. The first-order chi connectivity index (χ1) is 7.56. The normalized spacial score (nSPS) is 11.9. The van der Waals surface area contributed by atoms with Crippen LogP contribution in [0.5, 0.6) is 5.75 Å². The number of ether oxygens (including phenoxy) is 1. The molecule has 0 fully saturated rings. The van der Waals surface area contributed by atoms with E-state index in [2.05, 4.69) is 19.0 Å². The van der Waals surface area contributed by atoms with Gasteiger partial charge in [0.2, 0.25) is 0 Å². The Bertz CT molecular complexity index is 389. The first-order valence-corrected chi connectivity index (χ1v) is 5.54. The van der Waals surface area contributed by atoms with Gasteiger partial charge in [-0.2, -0.15) is 0 Å². The largest absolute Gasteiger partial charge is 0.491 e. The standard InChI is InChI=1S/C12H16ClNO2/c1-8(2)7-16-12-10(9(3)14-15)5-4-6-11(12)13/h4-6,8,15H,7H2,1-3H3/b14-9+. The van der Waals surface area contributed by atoms with Crippen molar-refractivity contribution in [3.63, 3.8) is 0 Å². The quantitative estimate of drug-likeness (QED) is 0.497. The summed E-state index contributed by atoms with van der Waals surface area (Å²) in [5.74, 6) is 0.990. The van der Waals surface area contributed by atoms with Gasteiger partial charge < -0.3 is 9.94 Å². The van der Waals surface area contributed by atoms with E-state index >= 15 is 0 Å². The van der Waals surface area contributed by atoms with Crippen molar-refractivity contribution in [1.29, 1.82) is 0 Å². The van der Waals surface area contributed by atoms with Gasteiger partial charge in [-0.15, -0.1) is 0 Å². The molecule has 16 heavy (non-hydrogen) atoms. The van der Waals surface area contributed by atoms with Crippen molar-refractivity contribution in [3.8, 4) is 5.75 Å². The van der Waals surface area contributed by atoms with Crippen LogP contribution in [-0.2, 0) is 0 Å². The molecule has 0 aliphatic rings. The maximum atomic E-state index is 8.77. The van der Waals surface area contributed by atoms with Crippen LogP contribution < -0.4 is 4.74 Å². The van der Waals surface area contributed by atoms with Gasteiger partial charge in [-0.1, -0.05) is 36.7 Å². The van der Waals surface area contributed by atoms with Crippen molar-refractivity contribution in [2.45, 2.75) is 20.8 Å². The molecule has 88 valence electrons. The zero-order valence-corrected chi connectivity index (χ0v) is 10.5. The first kappa shape index (κ1) is 12.8. The average molecular weight is 242 g/mol. The summed E-state index contributed by atoms with van der Waals surface area (Å²) in [5.41, 5.74) is 1.21. The van der Waals surface area contributed by atoms with E-state index in [1.165, 1.54) is 0 Å². The van der Waals surface area contributed by atoms with Crippen LogP contribution in [0.25, 0.3) is 0 Å². The number of benzene rings is 1. The summed E-state index contributed by atoms with van der Waals surface area (Å²) < 4.78 is 5.63. The molecule has 0 aromatic heterocycles. The summed E-state index contributed by atoms with van der Waals surface area (Å²) in [4.78, 5) is 0. The third-order valence-corrected chi connectivity index (χ3v) is 2.37. The summed E-state index contributed by atoms with van der Waals surface area (Å²) in [6.07, 6.45) is 0. The van der Waals surface area contributed by atoms with E-state index in [1.54, 1.807) is 19.1 Å². The lowest BCUT2D eigenvalue weighted by Gasteiger charge is -2.13. The Labute approximate surface area is 101 Å². The third kappa shape index (κ3) is 3.14. The van der Waals surface area contributed by atoms with Gasteiger partial charge in [-0.25, -0.2) is 0 Å². The molecule has 1 rings (SSSR count). The number of halogens is 1. The first-order valence-electron chi connectivity index (χ1n) is 5.16. The molecule has 1 aromatic rings. The Hall–Kier alpha value is -1.22. The molecular weight excluding hydrogens is 226 g/mol. The fraction of sp³-hybridized carbons (Fsp3) is 0.417. The number of oxime groups is 1. The molecule has 0 saturated carbocycles. The molecule has 0 aliphatic carbocycles.